The average Bonchev–Trinajstić information content (AvgIpc) is 2.05. The molecule has 0 heterocycles. The van der Waals surface area contributed by atoms with Gasteiger partial charge in [-0.1, -0.05) is 23.9 Å². The maximum absolute atomic E-state index is 12.1. The van der Waals surface area contributed by atoms with Gasteiger partial charge in [-0.25, -0.2) is 8.42 Å². The molecule has 0 fully saturated rings. The predicted octanol–water partition coefficient (Wildman–Crippen LogP) is 2.37. The van der Waals surface area contributed by atoms with Crippen molar-refractivity contribution in [2.45, 2.75) is 10.7 Å². The van der Waals surface area contributed by atoms with Gasteiger partial charge in [-0.3, -0.25) is 4.72 Å². The summed E-state index contributed by atoms with van der Waals surface area (Å²) in [7, 11) is -3.44. The molecular formula is C8H9F2NO2S2. The highest BCUT2D eigenvalue weighted by Crippen LogP contribution is 2.31. The molecule has 1 aromatic carbocycles. The van der Waals surface area contributed by atoms with Crippen molar-refractivity contribution in [2.75, 3.05) is 11.0 Å². The number of benzene rings is 1. The van der Waals surface area contributed by atoms with Crippen molar-refractivity contribution in [3.05, 3.63) is 24.3 Å². The van der Waals surface area contributed by atoms with Crippen LogP contribution >= 0.6 is 11.8 Å². The Morgan fingerprint density at radius 2 is 1.93 bits per heavy atom. The fourth-order valence-corrected chi connectivity index (χ4v) is 2.19. The van der Waals surface area contributed by atoms with Crippen LogP contribution < -0.4 is 4.72 Å². The fraction of sp³-hybridized carbons (Fsp3) is 0.250. The molecule has 1 aromatic rings. The largest absolute Gasteiger partial charge is 0.288 e. The van der Waals surface area contributed by atoms with Crippen LogP contribution in [0.4, 0.5) is 14.5 Å². The quantitative estimate of drug-likeness (QED) is 0.838. The lowest BCUT2D eigenvalue weighted by Gasteiger charge is -2.09. The Morgan fingerprint density at radius 1 is 1.33 bits per heavy atom. The number of para-hydroxylation sites is 1. The second-order valence-corrected chi connectivity index (χ2v) is 5.53. The lowest BCUT2D eigenvalue weighted by molar-refractivity contribution is 0.252. The van der Waals surface area contributed by atoms with Crippen LogP contribution in [-0.4, -0.2) is 20.4 Å². The second kappa shape index (κ2) is 4.80. The zero-order valence-electron chi connectivity index (χ0n) is 7.78. The van der Waals surface area contributed by atoms with Crippen molar-refractivity contribution in [2.24, 2.45) is 0 Å². The van der Waals surface area contributed by atoms with E-state index in [2.05, 4.69) is 4.72 Å². The van der Waals surface area contributed by atoms with Crippen LogP contribution in [0.15, 0.2) is 29.2 Å². The summed E-state index contributed by atoms with van der Waals surface area (Å²) in [5, 5.41) is 0. The molecule has 3 nitrogen and oxygen atoms in total. The number of halogens is 2. The molecule has 0 atom stereocenters. The van der Waals surface area contributed by atoms with E-state index in [1.165, 1.54) is 12.1 Å². The summed E-state index contributed by atoms with van der Waals surface area (Å²) in [6.45, 7) is 0. The third kappa shape index (κ3) is 4.48. The summed E-state index contributed by atoms with van der Waals surface area (Å²) in [5.74, 6) is -2.58. The van der Waals surface area contributed by atoms with E-state index in [0.29, 0.717) is 11.8 Å². The van der Waals surface area contributed by atoms with Gasteiger partial charge >= 0.3 is 0 Å². The number of sulfonamides is 1. The molecule has 15 heavy (non-hydrogen) atoms. The zero-order valence-corrected chi connectivity index (χ0v) is 9.41. The summed E-state index contributed by atoms with van der Waals surface area (Å²) in [5.41, 5.74) is 0.172. The SMILES string of the molecule is CS(=O)(=O)Nc1ccccc1SC(F)F. The Balaban J connectivity index is 2.96. The van der Waals surface area contributed by atoms with Crippen LogP contribution in [0.1, 0.15) is 0 Å². The molecule has 7 heteroatoms. The molecule has 0 aliphatic carbocycles. The summed E-state index contributed by atoms with van der Waals surface area (Å²) in [6.07, 6.45) is 0.969. The van der Waals surface area contributed by atoms with Gasteiger partial charge in [0.2, 0.25) is 10.0 Å². The first-order valence-corrected chi connectivity index (χ1v) is 6.67. The van der Waals surface area contributed by atoms with Gasteiger partial charge in [0, 0.05) is 4.90 Å². The van der Waals surface area contributed by atoms with Crippen LogP contribution in [-0.2, 0) is 10.0 Å². The molecule has 0 amide bonds. The Bertz CT molecular complexity index is 434. The Morgan fingerprint density at radius 3 is 2.47 bits per heavy atom. The molecule has 0 spiro atoms. The van der Waals surface area contributed by atoms with Gasteiger partial charge in [0.1, 0.15) is 0 Å². The Kier molecular flexibility index (Phi) is 3.92. The molecule has 0 aromatic heterocycles. The molecule has 1 rings (SSSR count). The predicted molar refractivity (Wildman–Crippen MR) is 56.8 cm³/mol. The number of thioether (sulfide) groups is 1. The highest BCUT2D eigenvalue weighted by atomic mass is 32.2. The second-order valence-electron chi connectivity index (χ2n) is 2.75. The molecular weight excluding hydrogens is 244 g/mol. The monoisotopic (exact) mass is 253 g/mol. The van der Waals surface area contributed by atoms with E-state index in [1.54, 1.807) is 12.1 Å². The van der Waals surface area contributed by atoms with E-state index >= 15 is 0 Å². The van der Waals surface area contributed by atoms with Gasteiger partial charge in [-0.05, 0) is 12.1 Å². The summed E-state index contributed by atoms with van der Waals surface area (Å²) >= 11 is 0.305. The number of hydrogen-bond donors (Lipinski definition) is 1. The Hall–Kier alpha value is -0.820. The van der Waals surface area contributed by atoms with Crippen LogP contribution in [0.3, 0.4) is 0 Å². The molecule has 1 N–H and O–H groups in total. The normalized spacial score (nSPS) is 11.7. The van der Waals surface area contributed by atoms with Crippen molar-refractivity contribution in [3.63, 3.8) is 0 Å². The number of anilines is 1. The minimum atomic E-state index is -3.44. The minimum absolute atomic E-state index is 0.172. The number of alkyl halides is 2. The zero-order chi connectivity index (χ0) is 11.5. The Labute approximate surface area is 90.9 Å². The molecule has 0 unspecified atom stereocenters. The van der Waals surface area contributed by atoms with Gasteiger partial charge in [-0.15, -0.1) is 0 Å². The van der Waals surface area contributed by atoms with Gasteiger partial charge in [0.15, 0.2) is 0 Å². The topological polar surface area (TPSA) is 46.2 Å². The summed E-state index contributed by atoms with van der Waals surface area (Å²) in [4.78, 5) is 0.206. The van der Waals surface area contributed by atoms with E-state index in [4.69, 9.17) is 0 Å². The van der Waals surface area contributed by atoms with Crippen molar-refractivity contribution in [3.8, 4) is 0 Å². The average molecular weight is 253 g/mol. The first-order chi connectivity index (χ1) is 6.88. The van der Waals surface area contributed by atoms with E-state index in [-0.39, 0.29) is 10.6 Å². The molecule has 0 bridgehead atoms. The first kappa shape index (κ1) is 12.3. The highest BCUT2D eigenvalue weighted by Gasteiger charge is 2.11. The standard InChI is InChI=1S/C8H9F2NO2S2/c1-15(12,13)11-6-4-2-3-5-7(6)14-8(9)10/h2-5,8,11H,1H3. The summed E-state index contributed by atoms with van der Waals surface area (Å²) in [6, 6.07) is 6.01. The number of rotatable bonds is 4. The smallest absolute Gasteiger partial charge is 0.283 e. The molecule has 84 valence electrons. The van der Waals surface area contributed by atoms with Crippen molar-refractivity contribution in [1.29, 1.82) is 0 Å². The summed E-state index contributed by atoms with van der Waals surface area (Å²) < 4.78 is 48.3. The van der Waals surface area contributed by atoms with Crippen LogP contribution in [0.2, 0.25) is 0 Å². The van der Waals surface area contributed by atoms with Crippen molar-refractivity contribution >= 4 is 27.5 Å². The van der Waals surface area contributed by atoms with Crippen LogP contribution in [0, 0.1) is 0 Å². The molecule has 0 saturated carbocycles. The molecule has 0 saturated heterocycles. The van der Waals surface area contributed by atoms with Crippen molar-refractivity contribution in [1.82, 2.24) is 0 Å². The van der Waals surface area contributed by atoms with Crippen LogP contribution in [0.25, 0.3) is 0 Å². The third-order valence-corrected chi connectivity index (χ3v) is 2.78. The molecule has 0 aliphatic rings. The minimum Gasteiger partial charge on any atom is -0.283 e. The number of nitrogens with one attached hydrogen (secondary N) is 1. The van der Waals surface area contributed by atoms with Crippen LogP contribution in [0.5, 0.6) is 0 Å². The first-order valence-electron chi connectivity index (χ1n) is 3.90. The van der Waals surface area contributed by atoms with E-state index < -0.39 is 15.8 Å². The highest BCUT2D eigenvalue weighted by molar-refractivity contribution is 7.99. The van der Waals surface area contributed by atoms with Crippen molar-refractivity contribution < 1.29 is 17.2 Å². The molecule has 0 radical (unpaired) electrons. The lowest BCUT2D eigenvalue weighted by atomic mass is 10.3. The lowest BCUT2D eigenvalue weighted by Crippen LogP contribution is -2.10. The van der Waals surface area contributed by atoms with E-state index in [0.717, 1.165) is 6.26 Å². The maximum atomic E-state index is 12.1. The van der Waals surface area contributed by atoms with Gasteiger partial charge in [0.05, 0.1) is 11.9 Å². The van der Waals surface area contributed by atoms with Gasteiger partial charge in [0.25, 0.3) is 5.76 Å². The van der Waals surface area contributed by atoms with E-state index in [1.807, 2.05) is 0 Å². The van der Waals surface area contributed by atoms with Gasteiger partial charge in [-0.2, -0.15) is 8.78 Å². The molecule has 0 aliphatic heterocycles. The number of hydrogen-bond acceptors (Lipinski definition) is 3. The van der Waals surface area contributed by atoms with Gasteiger partial charge < -0.3 is 0 Å². The maximum Gasteiger partial charge on any atom is 0.288 e. The third-order valence-electron chi connectivity index (χ3n) is 1.40. The fourth-order valence-electron chi connectivity index (χ4n) is 0.949. The van der Waals surface area contributed by atoms with E-state index in [9.17, 15) is 17.2 Å².